The molecule has 1 unspecified atom stereocenters. The van der Waals surface area contributed by atoms with Crippen LogP contribution < -0.4 is 5.32 Å². The highest BCUT2D eigenvalue weighted by Crippen LogP contribution is 2.20. The molecule has 0 saturated carbocycles. The van der Waals surface area contributed by atoms with Crippen molar-refractivity contribution in [2.24, 2.45) is 0 Å². The van der Waals surface area contributed by atoms with Gasteiger partial charge < -0.3 is 5.32 Å². The number of rotatable bonds is 4. The first-order valence-corrected chi connectivity index (χ1v) is 5.35. The Hall–Kier alpha value is -0.670. The summed E-state index contributed by atoms with van der Waals surface area (Å²) in [6.45, 7) is 1.61. The predicted octanol–water partition coefficient (Wildman–Crippen LogP) is 2.69. The van der Waals surface area contributed by atoms with Gasteiger partial charge in [0, 0.05) is 16.9 Å². The van der Waals surface area contributed by atoms with E-state index in [1.165, 1.54) is 0 Å². The van der Waals surface area contributed by atoms with Gasteiger partial charge in [0.05, 0.1) is 0 Å². The Kier molecular flexibility index (Phi) is 4.29. The molecule has 0 amide bonds. The molecule has 3 heteroatoms. The second-order valence-corrected chi connectivity index (χ2v) is 4.22. The van der Waals surface area contributed by atoms with Gasteiger partial charge in [0.1, 0.15) is 5.78 Å². The molecular formula is C11H14BrNO. The summed E-state index contributed by atoms with van der Waals surface area (Å²) in [6.07, 6.45) is 0.535. The first-order chi connectivity index (χ1) is 6.63. The first-order valence-electron chi connectivity index (χ1n) is 4.55. The van der Waals surface area contributed by atoms with Crippen molar-refractivity contribution < 1.29 is 4.79 Å². The number of halogens is 1. The van der Waals surface area contributed by atoms with Crippen molar-refractivity contribution in [1.82, 2.24) is 5.32 Å². The van der Waals surface area contributed by atoms with Crippen LogP contribution in [0.4, 0.5) is 0 Å². The van der Waals surface area contributed by atoms with Gasteiger partial charge in [-0.15, -0.1) is 0 Å². The summed E-state index contributed by atoms with van der Waals surface area (Å²) in [6, 6.07) is 8.12. The summed E-state index contributed by atoms with van der Waals surface area (Å²) in [5, 5.41) is 3.14. The van der Waals surface area contributed by atoms with Gasteiger partial charge in [0.2, 0.25) is 0 Å². The Morgan fingerprint density at radius 3 is 2.79 bits per heavy atom. The van der Waals surface area contributed by atoms with Crippen LogP contribution in [0, 0.1) is 0 Å². The van der Waals surface area contributed by atoms with Crippen LogP contribution in [0.15, 0.2) is 28.7 Å². The molecule has 0 fully saturated rings. The highest BCUT2D eigenvalue weighted by molar-refractivity contribution is 9.10. The fraction of sp³-hybridized carbons (Fsp3) is 0.364. The average Bonchev–Trinajstić information content (AvgIpc) is 2.14. The zero-order valence-corrected chi connectivity index (χ0v) is 9.97. The Bertz CT molecular complexity index is 325. The van der Waals surface area contributed by atoms with Crippen LogP contribution in [-0.4, -0.2) is 12.8 Å². The third-order valence-corrected chi connectivity index (χ3v) is 2.58. The minimum atomic E-state index is 0.116. The Morgan fingerprint density at radius 1 is 1.57 bits per heavy atom. The van der Waals surface area contributed by atoms with E-state index in [9.17, 15) is 4.79 Å². The number of hydrogen-bond donors (Lipinski definition) is 1. The minimum Gasteiger partial charge on any atom is -0.313 e. The molecule has 0 spiro atoms. The van der Waals surface area contributed by atoms with Gasteiger partial charge in [-0.25, -0.2) is 0 Å². The van der Waals surface area contributed by atoms with Crippen molar-refractivity contribution >= 4 is 21.7 Å². The molecule has 0 radical (unpaired) electrons. The van der Waals surface area contributed by atoms with Crippen LogP contribution in [0.2, 0.25) is 0 Å². The summed E-state index contributed by atoms with van der Waals surface area (Å²) in [7, 11) is 1.87. The van der Waals surface area contributed by atoms with Crippen LogP contribution in [0.1, 0.15) is 24.9 Å². The molecule has 0 saturated heterocycles. The third kappa shape index (κ3) is 3.24. The lowest BCUT2D eigenvalue weighted by Gasteiger charge is -2.15. The Morgan fingerprint density at radius 2 is 2.29 bits per heavy atom. The molecule has 2 nitrogen and oxygen atoms in total. The summed E-state index contributed by atoms with van der Waals surface area (Å²) in [4.78, 5) is 11.0. The second kappa shape index (κ2) is 5.27. The maximum absolute atomic E-state index is 11.0. The van der Waals surface area contributed by atoms with Gasteiger partial charge in [0.15, 0.2) is 0 Å². The lowest BCUT2D eigenvalue weighted by Crippen LogP contribution is -2.18. The number of carbonyl (C=O) groups excluding carboxylic acids is 1. The van der Waals surface area contributed by atoms with E-state index in [4.69, 9.17) is 0 Å². The smallest absolute Gasteiger partial charge is 0.131 e. The normalized spacial score (nSPS) is 12.5. The van der Waals surface area contributed by atoms with E-state index in [0.717, 1.165) is 10.0 Å². The zero-order valence-electron chi connectivity index (χ0n) is 8.38. The van der Waals surface area contributed by atoms with Crippen molar-refractivity contribution in [1.29, 1.82) is 0 Å². The molecule has 1 rings (SSSR count). The van der Waals surface area contributed by atoms with Crippen molar-refractivity contribution in [2.75, 3.05) is 7.05 Å². The lowest BCUT2D eigenvalue weighted by atomic mass is 10.0. The van der Waals surface area contributed by atoms with E-state index in [-0.39, 0.29) is 11.8 Å². The van der Waals surface area contributed by atoms with E-state index in [2.05, 4.69) is 21.2 Å². The van der Waals surface area contributed by atoms with Gasteiger partial charge >= 0.3 is 0 Å². The summed E-state index contributed by atoms with van der Waals surface area (Å²) in [5.74, 6) is 0.198. The van der Waals surface area contributed by atoms with Crippen LogP contribution in [0.25, 0.3) is 0 Å². The molecular weight excluding hydrogens is 242 g/mol. The molecule has 0 aliphatic rings. The van der Waals surface area contributed by atoms with Crippen LogP contribution in [-0.2, 0) is 4.79 Å². The number of Topliss-reactive ketones (excluding diaryl/α,β-unsaturated/α-hetero) is 1. The first kappa shape index (κ1) is 11.4. The average molecular weight is 256 g/mol. The summed E-state index contributed by atoms with van der Waals surface area (Å²) < 4.78 is 1.04. The number of hydrogen-bond acceptors (Lipinski definition) is 2. The van der Waals surface area contributed by atoms with Crippen molar-refractivity contribution in [3.05, 3.63) is 34.3 Å². The second-order valence-electron chi connectivity index (χ2n) is 3.30. The monoisotopic (exact) mass is 255 g/mol. The fourth-order valence-electron chi connectivity index (χ4n) is 1.40. The number of ketones is 1. The molecule has 1 atom stereocenters. The SMILES string of the molecule is CNC(CC(C)=O)c1cccc(Br)c1. The minimum absolute atomic E-state index is 0.116. The van der Waals surface area contributed by atoms with E-state index in [0.29, 0.717) is 6.42 Å². The number of carbonyl (C=O) groups is 1. The Labute approximate surface area is 92.8 Å². The molecule has 0 aliphatic carbocycles. The number of benzene rings is 1. The molecule has 0 bridgehead atoms. The molecule has 0 aromatic heterocycles. The van der Waals surface area contributed by atoms with Gasteiger partial charge in [-0.3, -0.25) is 4.79 Å². The van der Waals surface area contributed by atoms with E-state index in [1.54, 1.807) is 6.92 Å². The van der Waals surface area contributed by atoms with Crippen LogP contribution in [0.3, 0.4) is 0 Å². The van der Waals surface area contributed by atoms with Gasteiger partial charge in [0.25, 0.3) is 0 Å². The summed E-state index contributed by atoms with van der Waals surface area (Å²) in [5.41, 5.74) is 1.14. The molecule has 1 N–H and O–H groups in total. The quantitative estimate of drug-likeness (QED) is 0.897. The van der Waals surface area contributed by atoms with Gasteiger partial charge in [-0.1, -0.05) is 28.1 Å². The third-order valence-electron chi connectivity index (χ3n) is 2.09. The largest absolute Gasteiger partial charge is 0.313 e. The maximum Gasteiger partial charge on any atom is 0.131 e. The van der Waals surface area contributed by atoms with E-state index in [1.807, 2.05) is 31.3 Å². The van der Waals surface area contributed by atoms with Crippen LogP contribution in [0.5, 0.6) is 0 Å². The van der Waals surface area contributed by atoms with Gasteiger partial charge in [-0.2, -0.15) is 0 Å². The molecule has 0 heterocycles. The molecule has 76 valence electrons. The topological polar surface area (TPSA) is 29.1 Å². The number of nitrogens with one attached hydrogen (secondary N) is 1. The van der Waals surface area contributed by atoms with Crippen molar-refractivity contribution in [3.8, 4) is 0 Å². The Balaban J connectivity index is 2.83. The summed E-state index contributed by atoms with van der Waals surface area (Å²) >= 11 is 3.41. The molecule has 1 aromatic carbocycles. The predicted molar refractivity (Wildman–Crippen MR) is 61.2 cm³/mol. The zero-order chi connectivity index (χ0) is 10.6. The van der Waals surface area contributed by atoms with Crippen molar-refractivity contribution in [3.63, 3.8) is 0 Å². The molecule has 0 aliphatic heterocycles. The highest BCUT2D eigenvalue weighted by atomic mass is 79.9. The van der Waals surface area contributed by atoms with E-state index < -0.39 is 0 Å². The fourth-order valence-corrected chi connectivity index (χ4v) is 1.81. The standard InChI is InChI=1S/C11H14BrNO/c1-8(14)6-11(13-2)9-4-3-5-10(12)7-9/h3-5,7,11,13H,6H2,1-2H3. The van der Waals surface area contributed by atoms with E-state index >= 15 is 0 Å². The highest BCUT2D eigenvalue weighted by Gasteiger charge is 2.11. The van der Waals surface area contributed by atoms with Gasteiger partial charge in [-0.05, 0) is 31.7 Å². The molecule has 14 heavy (non-hydrogen) atoms. The van der Waals surface area contributed by atoms with Crippen molar-refractivity contribution in [2.45, 2.75) is 19.4 Å². The molecule has 1 aromatic rings. The maximum atomic E-state index is 11.0. The van der Waals surface area contributed by atoms with Crippen LogP contribution >= 0.6 is 15.9 Å². The lowest BCUT2D eigenvalue weighted by molar-refractivity contribution is -0.117.